The van der Waals surface area contributed by atoms with E-state index in [9.17, 15) is 9.59 Å². The maximum absolute atomic E-state index is 12.3. The molecule has 120 valence electrons. The van der Waals surface area contributed by atoms with Gasteiger partial charge in [-0.15, -0.1) is 0 Å². The van der Waals surface area contributed by atoms with Crippen molar-refractivity contribution in [2.24, 2.45) is 11.8 Å². The zero-order chi connectivity index (χ0) is 15.9. The maximum atomic E-state index is 12.3. The number of carbonyl (C=O) groups excluding carboxylic acids is 2. The van der Waals surface area contributed by atoms with E-state index >= 15 is 0 Å². The molecule has 1 N–H and O–H groups in total. The van der Waals surface area contributed by atoms with E-state index in [-0.39, 0.29) is 24.4 Å². The molecule has 0 aliphatic heterocycles. The van der Waals surface area contributed by atoms with E-state index in [1.54, 1.807) is 0 Å². The molecule has 0 heterocycles. The molecule has 1 amide bonds. The summed E-state index contributed by atoms with van der Waals surface area (Å²) in [4.78, 5) is 24.4. The predicted molar refractivity (Wildman–Crippen MR) is 85.0 cm³/mol. The lowest BCUT2D eigenvalue weighted by molar-refractivity contribution is -0.150. The average molecular weight is 303 g/mol. The third kappa shape index (κ3) is 4.86. The minimum absolute atomic E-state index is 0.00596. The van der Waals surface area contributed by atoms with Crippen LogP contribution >= 0.6 is 0 Å². The van der Waals surface area contributed by atoms with E-state index < -0.39 is 6.04 Å². The lowest BCUT2D eigenvalue weighted by Gasteiger charge is -2.27. The van der Waals surface area contributed by atoms with Crippen LogP contribution in [0, 0.1) is 11.8 Å². The van der Waals surface area contributed by atoms with Crippen LogP contribution in [0.15, 0.2) is 30.3 Å². The van der Waals surface area contributed by atoms with Crippen molar-refractivity contribution in [3.8, 4) is 0 Å². The van der Waals surface area contributed by atoms with Crippen molar-refractivity contribution in [2.75, 3.05) is 0 Å². The Kier molecular flexibility index (Phi) is 5.99. The van der Waals surface area contributed by atoms with Crippen LogP contribution in [0.3, 0.4) is 0 Å². The van der Waals surface area contributed by atoms with Gasteiger partial charge < -0.3 is 10.1 Å². The summed E-state index contributed by atoms with van der Waals surface area (Å²) in [6, 6.07) is 9.03. The van der Waals surface area contributed by atoms with Gasteiger partial charge in [0.25, 0.3) is 0 Å². The molecule has 2 rings (SSSR count). The first-order valence-corrected chi connectivity index (χ1v) is 8.07. The summed E-state index contributed by atoms with van der Waals surface area (Å²) >= 11 is 0. The third-order valence-corrected chi connectivity index (χ3v) is 4.01. The first kappa shape index (κ1) is 16.5. The second-order valence-corrected chi connectivity index (χ2v) is 6.41. The van der Waals surface area contributed by atoms with Crippen molar-refractivity contribution in [3.05, 3.63) is 35.9 Å². The molecule has 1 fully saturated rings. The molecule has 0 bridgehead atoms. The van der Waals surface area contributed by atoms with Gasteiger partial charge in [0.1, 0.15) is 12.6 Å². The number of esters is 1. The van der Waals surface area contributed by atoms with Crippen molar-refractivity contribution >= 4 is 11.9 Å². The number of rotatable bonds is 7. The first-order valence-electron chi connectivity index (χ1n) is 8.07. The van der Waals surface area contributed by atoms with Gasteiger partial charge in [-0.2, -0.15) is 0 Å². The van der Waals surface area contributed by atoms with Crippen LogP contribution in [0.5, 0.6) is 0 Å². The van der Waals surface area contributed by atoms with Gasteiger partial charge in [0.15, 0.2) is 0 Å². The molecule has 0 unspecified atom stereocenters. The molecule has 1 aliphatic rings. The molecule has 0 spiro atoms. The monoisotopic (exact) mass is 303 g/mol. The summed E-state index contributed by atoms with van der Waals surface area (Å²) < 4.78 is 5.37. The first-order chi connectivity index (χ1) is 10.6. The highest BCUT2D eigenvalue weighted by Crippen LogP contribution is 2.26. The number of amides is 1. The standard InChI is InChI=1S/C18H25NO3/c1-13(2)11-16(19-17(20)15-9-6-10-15)18(21)22-12-14-7-4-3-5-8-14/h3-5,7-8,13,15-16H,6,9-12H2,1-2H3,(H,19,20)/t16-/m0/s1. The number of hydrogen-bond acceptors (Lipinski definition) is 3. The van der Waals surface area contributed by atoms with Gasteiger partial charge in [-0.05, 0) is 30.7 Å². The maximum Gasteiger partial charge on any atom is 0.328 e. The largest absolute Gasteiger partial charge is 0.459 e. The zero-order valence-corrected chi connectivity index (χ0v) is 13.4. The summed E-state index contributed by atoms with van der Waals surface area (Å²) in [6.07, 6.45) is 3.57. The summed E-state index contributed by atoms with van der Waals surface area (Å²) in [5, 5.41) is 2.87. The molecule has 0 saturated heterocycles. The minimum atomic E-state index is -0.545. The fourth-order valence-electron chi connectivity index (χ4n) is 2.47. The SMILES string of the molecule is CC(C)C[C@H](NC(=O)C1CCC1)C(=O)OCc1ccccc1. The molecule has 1 aliphatic carbocycles. The number of nitrogens with one attached hydrogen (secondary N) is 1. The van der Waals surface area contributed by atoms with Crippen LogP contribution in [-0.2, 0) is 20.9 Å². The van der Waals surface area contributed by atoms with Crippen molar-refractivity contribution in [1.29, 1.82) is 0 Å². The number of ether oxygens (including phenoxy) is 1. The summed E-state index contributed by atoms with van der Waals surface area (Å²) in [5.74, 6) is 0.0475. The Morgan fingerprint density at radius 2 is 1.91 bits per heavy atom. The van der Waals surface area contributed by atoms with Crippen LogP contribution in [-0.4, -0.2) is 17.9 Å². The summed E-state index contributed by atoms with van der Waals surface area (Å²) in [6.45, 7) is 4.31. The lowest BCUT2D eigenvalue weighted by Crippen LogP contribution is -2.46. The molecule has 4 nitrogen and oxygen atoms in total. The highest BCUT2D eigenvalue weighted by molar-refractivity contribution is 5.86. The van der Waals surface area contributed by atoms with Gasteiger partial charge in [-0.25, -0.2) is 4.79 Å². The number of carbonyl (C=O) groups is 2. The number of hydrogen-bond donors (Lipinski definition) is 1. The zero-order valence-electron chi connectivity index (χ0n) is 13.4. The fourth-order valence-corrected chi connectivity index (χ4v) is 2.47. The van der Waals surface area contributed by atoms with E-state index in [0.29, 0.717) is 12.3 Å². The van der Waals surface area contributed by atoms with Crippen molar-refractivity contribution in [2.45, 2.75) is 52.2 Å². The molecule has 0 aromatic heterocycles. The van der Waals surface area contributed by atoms with Crippen LogP contribution in [0.4, 0.5) is 0 Å². The Morgan fingerprint density at radius 1 is 1.23 bits per heavy atom. The molecule has 1 saturated carbocycles. The Labute approximate surface area is 132 Å². The highest BCUT2D eigenvalue weighted by Gasteiger charge is 2.30. The van der Waals surface area contributed by atoms with Crippen LogP contribution in [0.1, 0.15) is 45.1 Å². The van der Waals surface area contributed by atoms with Crippen molar-refractivity contribution in [1.82, 2.24) is 5.32 Å². The third-order valence-electron chi connectivity index (χ3n) is 4.01. The van der Waals surface area contributed by atoms with E-state index in [4.69, 9.17) is 4.74 Å². The van der Waals surface area contributed by atoms with Gasteiger partial charge in [-0.3, -0.25) is 4.79 Å². The second kappa shape index (κ2) is 7.97. The molecule has 1 atom stereocenters. The molecule has 1 aromatic carbocycles. The average Bonchev–Trinajstić information content (AvgIpc) is 2.42. The normalized spacial score (nSPS) is 16.0. The summed E-state index contributed by atoms with van der Waals surface area (Å²) in [5.41, 5.74) is 0.949. The summed E-state index contributed by atoms with van der Waals surface area (Å²) in [7, 11) is 0. The van der Waals surface area contributed by atoms with Gasteiger partial charge in [-0.1, -0.05) is 50.6 Å². The molecular formula is C18H25NO3. The van der Waals surface area contributed by atoms with Gasteiger partial charge in [0.2, 0.25) is 5.91 Å². The lowest BCUT2D eigenvalue weighted by atomic mass is 9.84. The highest BCUT2D eigenvalue weighted by atomic mass is 16.5. The quantitative estimate of drug-likeness (QED) is 0.788. The van der Waals surface area contributed by atoms with Gasteiger partial charge in [0, 0.05) is 5.92 Å². The fraction of sp³-hybridized carbons (Fsp3) is 0.556. The topological polar surface area (TPSA) is 55.4 Å². The van der Waals surface area contributed by atoms with Crippen molar-refractivity contribution in [3.63, 3.8) is 0 Å². The van der Waals surface area contributed by atoms with Crippen molar-refractivity contribution < 1.29 is 14.3 Å². The molecule has 0 radical (unpaired) electrons. The molecule has 22 heavy (non-hydrogen) atoms. The van der Waals surface area contributed by atoms with E-state index in [1.807, 2.05) is 44.2 Å². The molecular weight excluding hydrogens is 278 g/mol. The Morgan fingerprint density at radius 3 is 2.45 bits per heavy atom. The van der Waals surface area contributed by atoms with E-state index in [0.717, 1.165) is 24.8 Å². The van der Waals surface area contributed by atoms with E-state index in [2.05, 4.69) is 5.32 Å². The smallest absolute Gasteiger partial charge is 0.328 e. The van der Waals surface area contributed by atoms with Gasteiger partial charge in [0.05, 0.1) is 0 Å². The van der Waals surface area contributed by atoms with Crippen LogP contribution in [0.25, 0.3) is 0 Å². The Hall–Kier alpha value is -1.84. The van der Waals surface area contributed by atoms with Gasteiger partial charge >= 0.3 is 5.97 Å². The Bertz CT molecular complexity index is 494. The van der Waals surface area contributed by atoms with Crippen LogP contribution in [0.2, 0.25) is 0 Å². The van der Waals surface area contributed by atoms with Crippen LogP contribution < -0.4 is 5.32 Å². The molecule has 4 heteroatoms. The predicted octanol–water partition coefficient (Wildman–Crippen LogP) is 3.06. The second-order valence-electron chi connectivity index (χ2n) is 6.41. The number of benzene rings is 1. The molecule has 1 aromatic rings. The minimum Gasteiger partial charge on any atom is -0.459 e. The van der Waals surface area contributed by atoms with E-state index in [1.165, 1.54) is 0 Å². The Balaban J connectivity index is 1.88.